The molecule has 1 aromatic heterocycles. The summed E-state index contributed by atoms with van der Waals surface area (Å²) in [7, 11) is 0. The molecule has 0 spiro atoms. The van der Waals surface area contributed by atoms with Crippen LogP contribution in [0, 0.1) is 12.7 Å². The Balaban J connectivity index is 2.05. The Morgan fingerprint density at radius 3 is 2.75 bits per heavy atom. The maximum atomic E-state index is 13.1. The third kappa shape index (κ3) is 2.28. The van der Waals surface area contributed by atoms with Crippen molar-refractivity contribution >= 4 is 10.9 Å². The molecule has 3 aromatic rings. The minimum Gasteiger partial charge on any atom is -0.384 e. The molecule has 0 fully saturated rings. The van der Waals surface area contributed by atoms with Gasteiger partial charge in [0.15, 0.2) is 0 Å². The second-order valence-corrected chi connectivity index (χ2v) is 4.86. The monoisotopic (exact) mass is 267 g/mol. The van der Waals surface area contributed by atoms with E-state index in [0.717, 1.165) is 22.0 Å². The van der Waals surface area contributed by atoms with Gasteiger partial charge in [0, 0.05) is 11.6 Å². The number of fused-ring (bicyclic) bond motifs is 1. The number of halogens is 1. The third-order valence-corrected chi connectivity index (χ3v) is 3.47. The topological polar surface area (TPSA) is 33.1 Å². The smallest absolute Gasteiger partial charge is 0.123 e. The fraction of sp³-hybridized carbons (Fsp3) is 0.118. The van der Waals surface area contributed by atoms with E-state index in [0.29, 0.717) is 5.56 Å². The lowest BCUT2D eigenvalue weighted by Gasteiger charge is -2.14. The summed E-state index contributed by atoms with van der Waals surface area (Å²) in [6.45, 7) is 1.79. The Bertz CT molecular complexity index is 770. The Kier molecular flexibility index (Phi) is 3.20. The van der Waals surface area contributed by atoms with Crippen LogP contribution in [0.15, 0.2) is 54.7 Å². The zero-order valence-electron chi connectivity index (χ0n) is 11.0. The van der Waals surface area contributed by atoms with E-state index in [2.05, 4.69) is 4.98 Å². The molecule has 1 N–H and O–H groups in total. The van der Waals surface area contributed by atoms with Crippen LogP contribution in [0.1, 0.15) is 22.8 Å². The molecule has 0 aliphatic carbocycles. The standard InChI is InChI=1S/C17H14FNO/c1-11-9-14(18)6-7-15(11)17(20)13-5-4-12-3-2-8-19-16(12)10-13/h2-10,17,20H,1H3. The molecule has 1 heterocycles. The normalized spacial score (nSPS) is 12.6. The molecule has 0 bridgehead atoms. The van der Waals surface area contributed by atoms with Crippen LogP contribution in [-0.4, -0.2) is 10.1 Å². The molecule has 0 aliphatic heterocycles. The number of aromatic nitrogens is 1. The van der Waals surface area contributed by atoms with Gasteiger partial charge in [-0.1, -0.05) is 24.3 Å². The maximum Gasteiger partial charge on any atom is 0.123 e. The molecule has 100 valence electrons. The van der Waals surface area contributed by atoms with Gasteiger partial charge >= 0.3 is 0 Å². The Morgan fingerprint density at radius 1 is 1.10 bits per heavy atom. The van der Waals surface area contributed by atoms with E-state index < -0.39 is 6.10 Å². The highest BCUT2D eigenvalue weighted by molar-refractivity contribution is 5.79. The second-order valence-electron chi connectivity index (χ2n) is 4.86. The molecule has 0 amide bonds. The average Bonchev–Trinajstić information content (AvgIpc) is 2.46. The highest BCUT2D eigenvalue weighted by Crippen LogP contribution is 2.27. The van der Waals surface area contributed by atoms with Crippen molar-refractivity contribution < 1.29 is 9.50 Å². The molecule has 3 rings (SSSR count). The molecule has 0 radical (unpaired) electrons. The Morgan fingerprint density at radius 2 is 1.95 bits per heavy atom. The summed E-state index contributed by atoms with van der Waals surface area (Å²) < 4.78 is 13.1. The van der Waals surface area contributed by atoms with Gasteiger partial charge in [0.2, 0.25) is 0 Å². The molecule has 20 heavy (non-hydrogen) atoms. The predicted molar refractivity (Wildman–Crippen MR) is 76.9 cm³/mol. The van der Waals surface area contributed by atoms with Crippen LogP contribution in [0.25, 0.3) is 10.9 Å². The third-order valence-electron chi connectivity index (χ3n) is 3.47. The lowest BCUT2D eigenvalue weighted by molar-refractivity contribution is 0.219. The van der Waals surface area contributed by atoms with Gasteiger partial charge in [-0.15, -0.1) is 0 Å². The van der Waals surface area contributed by atoms with Crippen LogP contribution >= 0.6 is 0 Å². The van der Waals surface area contributed by atoms with Crippen molar-refractivity contribution in [2.75, 3.05) is 0 Å². The van der Waals surface area contributed by atoms with E-state index in [-0.39, 0.29) is 5.82 Å². The molecule has 0 aliphatic rings. The van der Waals surface area contributed by atoms with E-state index in [9.17, 15) is 9.50 Å². The highest BCUT2D eigenvalue weighted by atomic mass is 19.1. The molecule has 2 nitrogen and oxygen atoms in total. The Hall–Kier alpha value is -2.26. The van der Waals surface area contributed by atoms with E-state index >= 15 is 0 Å². The number of pyridine rings is 1. The molecular weight excluding hydrogens is 253 g/mol. The number of nitrogens with zero attached hydrogens (tertiary/aromatic N) is 1. The molecule has 0 saturated carbocycles. The molecule has 1 atom stereocenters. The summed E-state index contributed by atoms with van der Waals surface area (Å²) in [6, 6.07) is 13.9. The fourth-order valence-electron chi connectivity index (χ4n) is 2.38. The van der Waals surface area contributed by atoms with Gasteiger partial charge in [-0.2, -0.15) is 0 Å². The van der Waals surface area contributed by atoms with Gasteiger partial charge in [-0.3, -0.25) is 4.98 Å². The van der Waals surface area contributed by atoms with Crippen molar-refractivity contribution in [1.29, 1.82) is 0 Å². The first-order valence-corrected chi connectivity index (χ1v) is 6.44. The van der Waals surface area contributed by atoms with Gasteiger partial charge in [0.1, 0.15) is 11.9 Å². The number of rotatable bonds is 2. The minimum absolute atomic E-state index is 0.293. The van der Waals surface area contributed by atoms with E-state index in [4.69, 9.17) is 0 Å². The first-order chi connectivity index (χ1) is 9.65. The first kappa shape index (κ1) is 12.8. The number of aliphatic hydroxyl groups is 1. The van der Waals surface area contributed by atoms with Crippen LogP contribution in [0.2, 0.25) is 0 Å². The average molecular weight is 267 g/mol. The number of hydrogen-bond donors (Lipinski definition) is 1. The van der Waals surface area contributed by atoms with E-state index in [1.165, 1.54) is 12.1 Å². The van der Waals surface area contributed by atoms with Crippen LogP contribution < -0.4 is 0 Å². The maximum absolute atomic E-state index is 13.1. The van der Waals surface area contributed by atoms with Gasteiger partial charge < -0.3 is 5.11 Å². The van der Waals surface area contributed by atoms with Crippen LogP contribution in [0.4, 0.5) is 4.39 Å². The number of hydrogen-bond acceptors (Lipinski definition) is 2. The fourth-order valence-corrected chi connectivity index (χ4v) is 2.38. The van der Waals surface area contributed by atoms with Crippen molar-refractivity contribution in [3.63, 3.8) is 0 Å². The van der Waals surface area contributed by atoms with Crippen molar-refractivity contribution in [2.24, 2.45) is 0 Å². The summed E-state index contributed by atoms with van der Waals surface area (Å²) in [6.07, 6.45) is 0.948. The van der Waals surface area contributed by atoms with Crippen molar-refractivity contribution in [3.05, 3.63) is 77.2 Å². The van der Waals surface area contributed by atoms with Crippen LogP contribution in [-0.2, 0) is 0 Å². The summed E-state index contributed by atoms with van der Waals surface area (Å²) in [4.78, 5) is 4.28. The zero-order valence-corrected chi connectivity index (χ0v) is 11.0. The molecule has 0 saturated heterocycles. The highest BCUT2D eigenvalue weighted by Gasteiger charge is 2.14. The quantitative estimate of drug-likeness (QED) is 0.766. The summed E-state index contributed by atoms with van der Waals surface area (Å²) in [5.41, 5.74) is 3.04. The Labute approximate surface area is 116 Å². The zero-order chi connectivity index (χ0) is 14.1. The van der Waals surface area contributed by atoms with E-state index in [1.54, 1.807) is 19.2 Å². The number of aryl methyl sites for hydroxylation is 1. The summed E-state index contributed by atoms with van der Waals surface area (Å²) >= 11 is 0. The predicted octanol–water partition coefficient (Wildman–Crippen LogP) is 3.76. The number of benzene rings is 2. The van der Waals surface area contributed by atoms with Gasteiger partial charge in [0.05, 0.1) is 5.52 Å². The largest absolute Gasteiger partial charge is 0.384 e. The SMILES string of the molecule is Cc1cc(F)ccc1C(O)c1ccc2cccnc2c1. The van der Waals surface area contributed by atoms with Crippen molar-refractivity contribution in [3.8, 4) is 0 Å². The van der Waals surface area contributed by atoms with Gasteiger partial charge in [-0.25, -0.2) is 4.39 Å². The van der Waals surface area contributed by atoms with Crippen LogP contribution in [0.3, 0.4) is 0 Å². The minimum atomic E-state index is -0.776. The molecular formula is C17H14FNO. The van der Waals surface area contributed by atoms with Crippen LogP contribution in [0.5, 0.6) is 0 Å². The summed E-state index contributed by atoms with van der Waals surface area (Å²) in [5.74, 6) is -0.293. The van der Waals surface area contributed by atoms with E-state index in [1.807, 2.05) is 30.3 Å². The van der Waals surface area contributed by atoms with Gasteiger partial charge in [-0.05, 0) is 47.9 Å². The molecule has 2 aromatic carbocycles. The van der Waals surface area contributed by atoms with Crippen molar-refractivity contribution in [1.82, 2.24) is 4.98 Å². The number of aliphatic hydroxyl groups excluding tert-OH is 1. The van der Waals surface area contributed by atoms with Crippen molar-refractivity contribution in [2.45, 2.75) is 13.0 Å². The summed E-state index contributed by atoms with van der Waals surface area (Å²) in [5, 5.41) is 11.5. The lowest BCUT2D eigenvalue weighted by atomic mass is 9.96. The molecule has 3 heteroatoms. The first-order valence-electron chi connectivity index (χ1n) is 6.44. The second kappa shape index (κ2) is 5.02. The van der Waals surface area contributed by atoms with Gasteiger partial charge in [0.25, 0.3) is 0 Å². The molecule has 1 unspecified atom stereocenters. The lowest BCUT2D eigenvalue weighted by Crippen LogP contribution is -2.02.